The molecule has 0 N–H and O–H groups in total. The van der Waals surface area contributed by atoms with Gasteiger partial charge in [0, 0.05) is 12.1 Å². The number of carbonyl (C=O) groups excluding carboxylic acids is 1. The molecule has 1 aliphatic heterocycles. The third-order valence-electron chi connectivity index (χ3n) is 3.88. The molecule has 116 valence electrons. The second-order valence-corrected chi connectivity index (χ2v) is 5.83. The van der Waals surface area contributed by atoms with Crippen LogP contribution in [0.1, 0.15) is 34.1 Å². The minimum absolute atomic E-state index is 0.0142. The van der Waals surface area contributed by atoms with Gasteiger partial charge in [-0.2, -0.15) is 0 Å². The van der Waals surface area contributed by atoms with E-state index in [2.05, 4.69) is 9.59 Å². The number of rotatable bonds is 4. The maximum Gasteiger partial charge on any atom is 0.267 e. The Bertz CT molecular complexity index is 660. The smallest absolute Gasteiger partial charge is 0.267 e. The van der Waals surface area contributed by atoms with E-state index >= 15 is 0 Å². The third-order valence-corrected chi connectivity index (χ3v) is 4.53. The van der Waals surface area contributed by atoms with E-state index in [4.69, 9.17) is 9.47 Å². The van der Waals surface area contributed by atoms with Gasteiger partial charge in [-0.3, -0.25) is 4.79 Å². The zero-order valence-corrected chi connectivity index (χ0v) is 13.3. The maximum absolute atomic E-state index is 12.6. The summed E-state index contributed by atoms with van der Waals surface area (Å²) in [4.78, 5) is 15.1. The highest BCUT2D eigenvalue weighted by atomic mass is 32.1. The minimum Gasteiger partial charge on any atom is -0.497 e. The molecule has 0 saturated carbocycles. The molecule has 6 nitrogen and oxygen atoms in total. The topological polar surface area (TPSA) is 64.6 Å². The Morgan fingerprint density at radius 2 is 2.23 bits per heavy atom. The molecular formula is C15H17N3O3S. The lowest BCUT2D eigenvalue weighted by atomic mass is 10.0. The number of carbonyl (C=O) groups is 1. The second kappa shape index (κ2) is 6.31. The monoisotopic (exact) mass is 319 g/mol. The zero-order valence-electron chi connectivity index (χ0n) is 12.5. The highest BCUT2D eigenvalue weighted by Crippen LogP contribution is 2.39. The number of hydrogen-bond acceptors (Lipinski definition) is 6. The van der Waals surface area contributed by atoms with E-state index in [-0.39, 0.29) is 11.9 Å². The van der Waals surface area contributed by atoms with Crippen molar-refractivity contribution in [3.63, 3.8) is 0 Å². The number of ether oxygens (including phenoxy) is 2. The fraction of sp³-hybridized carbons (Fsp3) is 0.400. The van der Waals surface area contributed by atoms with Crippen LogP contribution in [0.3, 0.4) is 0 Å². The van der Waals surface area contributed by atoms with Crippen molar-refractivity contribution >= 4 is 17.4 Å². The van der Waals surface area contributed by atoms with E-state index in [9.17, 15) is 4.79 Å². The Kier molecular flexibility index (Phi) is 4.24. The van der Waals surface area contributed by atoms with Gasteiger partial charge in [0.1, 0.15) is 16.4 Å². The van der Waals surface area contributed by atoms with Gasteiger partial charge in [-0.05, 0) is 42.6 Å². The number of likely N-dealkylation sites (tertiary alicyclic amines) is 1. The molecule has 1 aromatic carbocycles. The average molecular weight is 319 g/mol. The van der Waals surface area contributed by atoms with Crippen LogP contribution in [0.4, 0.5) is 0 Å². The van der Waals surface area contributed by atoms with Crippen LogP contribution in [0.5, 0.6) is 11.5 Å². The first-order valence-electron chi connectivity index (χ1n) is 7.05. The van der Waals surface area contributed by atoms with Crippen LogP contribution in [-0.2, 0) is 0 Å². The Balaban J connectivity index is 1.94. The molecule has 2 aromatic rings. The number of benzene rings is 1. The van der Waals surface area contributed by atoms with Gasteiger partial charge in [0.05, 0.1) is 26.5 Å². The van der Waals surface area contributed by atoms with Crippen molar-refractivity contribution in [3.8, 4) is 11.5 Å². The molecule has 0 radical (unpaired) electrons. The first kappa shape index (κ1) is 14.8. The summed E-state index contributed by atoms with van der Waals surface area (Å²) in [6.45, 7) is 0.724. The number of amides is 1. The first-order valence-corrected chi connectivity index (χ1v) is 7.82. The van der Waals surface area contributed by atoms with Gasteiger partial charge < -0.3 is 14.4 Å². The van der Waals surface area contributed by atoms with Gasteiger partial charge in [-0.15, -0.1) is 5.10 Å². The summed E-state index contributed by atoms with van der Waals surface area (Å²) in [5.41, 5.74) is 0.977. The molecule has 1 saturated heterocycles. The Labute approximate surface area is 132 Å². The summed E-state index contributed by atoms with van der Waals surface area (Å²) in [6.07, 6.45) is 3.38. The molecular weight excluding hydrogens is 302 g/mol. The van der Waals surface area contributed by atoms with Crippen molar-refractivity contribution in [2.24, 2.45) is 0 Å². The lowest BCUT2D eigenvalue weighted by molar-refractivity contribution is 0.0738. The predicted octanol–water partition coefficient (Wildman–Crippen LogP) is 2.53. The quantitative estimate of drug-likeness (QED) is 0.866. The molecule has 1 unspecified atom stereocenters. The minimum atomic E-state index is -0.0256. The average Bonchev–Trinajstić information content (AvgIpc) is 3.24. The van der Waals surface area contributed by atoms with E-state index < -0.39 is 0 Å². The number of methoxy groups -OCH3 is 2. The van der Waals surface area contributed by atoms with Crippen LogP contribution in [0.2, 0.25) is 0 Å². The van der Waals surface area contributed by atoms with Crippen LogP contribution in [0.15, 0.2) is 24.4 Å². The van der Waals surface area contributed by atoms with Gasteiger partial charge in [0.15, 0.2) is 0 Å². The summed E-state index contributed by atoms with van der Waals surface area (Å²) < 4.78 is 14.5. The molecule has 1 aliphatic rings. The van der Waals surface area contributed by atoms with Crippen molar-refractivity contribution < 1.29 is 14.3 Å². The third kappa shape index (κ3) is 2.64. The van der Waals surface area contributed by atoms with Gasteiger partial charge in [0.2, 0.25) is 0 Å². The van der Waals surface area contributed by atoms with Crippen molar-refractivity contribution in [2.75, 3.05) is 20.8 Å². The van der Waals surface area contributed by atoms with Crippen molar-refractivity contribution in [1.82, 2.24) is 14.5 Å². The van der Waals surface area contributed by atoms with E-state index in [1.807, 2.05) is 23.1 Å². The van der Waals surface area contributed by atoms with Gasteiger partial charge in [-0.25, -0.2) is 0 Å². The Hall–Kier alpha value is -2.15. The van der Waals surface area contributed by atoms with Gasteiger partial charge >= 0.3 is 0 Å². The maximum atomic E-state index is 12.6. The van der Waals surface area contributed by atoms with Crippen molar-refractivity contribution in [3.05, 3.63) is 34.8 Å². The van der Waals surface area contributed by atoms with Crippen LogP contribution < -0.4 is 9.47 Å². The van der Waals surface area contributed by atoms with E-state index in [0.717, 1.165) is 48.0 Å². The molecule has 1 aromatic heterocycles. The molecule has 3 rings (SSSR count). The highest BCUT2D eigenvalue weighted by molar-refractivity contribution is 7.07. The molecule has 7 heteroatoms. The molecule has 2 heterocycles. The van der Waals surface area contributed by atoms with E-state index in [1.165, 1.54) is 6.20 Å². The molecule has 1 amide bonds. The summed E-state index contributed by atoms with van der Waals surface area (Å²) in [7, 11) is 3.27. The fourth-order valence-corrected chi connectivity index (χ4v) is 3.31. The lowest BCUT2D eigenvalue weighted by Gasteiger charge is -2.26. The number of nitrogens with zero attached hydrogens (tertiary/aromatic N) is 3. The SMILES string of the molecule is COc1ccc(OC)c(C2CCCN2C(=O)c2cnns2)c1. The fourth-order valence-electron chi connectivity index (χ4n) is 2.84. The largest absolute Gasteiger partial charge is 0.497 e. The number of hydrogen-bond donors (Lipinski definition) is 0. The summed E-state index contributed by atoms with van der Waals surface area (Å²) in [5, 5.41) is 3.75. The van der Waals surface area contributed by atoms with Crippen LogP contribution >= 0.6 is 11.5 Å². The first-order chi connectivity index (χ1) is 10.7. The predicted molar refractivity (Wildman–Crippen MR) is 82.5 cm³/mol. The molecule has 1 fully saturated rings. The highest BCUT2D eigenvalue weighted by Gasteiger charge is 2.33. The lowest BCUT2D eigenvalue weighted by Crippen LogP contribution is -2.30. The zero-order chi connectivity index (χ0) is 15.5. The number of aromatic nitrogens is 2. The Morgan fingerprint density at radius 1 is 1.36 bits per heavy atom. The summed E-state index contributed by atoms with van der Waals surface area (Å²) in [5.74, 6) is 1.50. The summed E-state index contributed by atoms with van der Waals surface area (Å²) in [6, 6.07) is 5.67. The van der Waals surface area contributed by atoms with Crippen LogP contribution in [0.25, 0.3) is 0 Å². The van der Waals surface area contributed by atoms with Gasteiger partial charge in [-0.1, -0.05) is 4.49 Å². The van der Waals surface area contributed by atoms with E-state index in [1.54, 1.807) is 14.2 Å². The molecule has 1 atom stereocenters. The summed E-state index contributed by atoms with van der Waals surface area (Å²) >= 11 is 1.12. The second-order valence-electron chi connectivity index (χ2n) is 5.05. The molecule has 22 heavy (non-hydrogen) atoms. The standard InChI is InChI=1S/C15H17N3O3S/c1-20-10-5-6-13(21-2)11(8-10)12-4-3-7-18(12)15(19)14-9-16-17-22-14/h5-6,8-9,12H,3-4,7H2,1-2H3. The van der Waals surface area contributed by atoms with Crippen molar-refractivity contribution in [1.29, 1.82) is 0 Å². The molecule has 0 bridgehead atoms. The molecule has 0 aliphatic carbocycles. The normalized spacial score (nSPS) is 17.5. The molecule has 0 spiro atoms. The van der Waals surface area contributed by atoms with Crippen molar-refractivity contribution in [2.45, 2.75) is 18.9 Å². The van der Waals surface area contributed by atoms with Gasteiger partial charge in [0.25, 0.3) is 5.91 Å². The van der Waals surface area contributed by atoms with E-state index in [0.29, 0.717) is 4.88 Å². The van der Waals surface area contributed by atoms with Crippen LogP contribution in [0, 0.1) is 0 Å². The Morgan fingerprint density at radius 3 is 2.91 bits per heavy atom. The van der Waals surface area contributed by atoms with Crippen LogP contribution in [-0.4, -0.2) is 41.2 Å².